The lowest BCUT2D eigenvalue weighted by Crippen LogP contribution is -2.53. The van der Waals surface area contributed by atoms with E-state index in [1.165, 1.54) is 11.3 Å². The number of hydrogen-bond acceptors (Lipinski definition) is 5. The number of fused-ring (bicyclic) bond motifs is 2. The molecule has 2 unspecified atom stereocenters. The predicted octanol–water partition coefficient (Wildman–Crippen LogP) is 3.10. The summed E-state index contributed by atoms with van der Waals surface area (Å²) in [6.07, 6.45) is 2.54. The van der Waals surface area contributed by atoms with Crippen molar-refractivity contribution in [2.24, 2.45) is 21.9 Å². The average Bonchev–Trinajstić information content (AvgIpc) is 3.02. The zero-order chi connectivity index (χ0) is 20.2. The minimum absolute atomic E-state index is 0.0628. The van der Waals surface area contributed by atoms with E-state index >= 15 is 0 Å². The van der Waals surface area contributed by atoms with Crippen LogP contribution in [0.3, 0.4) is 0 Å². The molecular weight excluding hydrogens is 374 g/mol. The lowest BCUT2D eigenvalue weighted by molar-refractivity contribution is 0.190. The van der Waals surface area contributed by atoms with Gasteiger partial charge in [-0.1, -0.05) is 37.2 Å². The van der Waals surface area contributed by atoms with Crippen molar-refractivity contribution in [3.05, 3.63) is 29.8 Å². The number of hydrogen-bond donors (Lipinski definition) is 1. The summed E-state index contributed by atoms with van der Waals surface area (Å²) < 4.78 is 28.4. The third-order valence-electron chi connectivity index (χ3n) is 7.80. The minimum Gasteiger partial charge on any atom is -0.411 e. The minimum atomic E-state index is -3.43. The summed E-state index contributed by atoms with van der Waals surface area (Å²) in [6, 6.07) is 8.24. The van der Waals surface area contributed by atoms with Crippen LogP contribution in [-0.4, -0.2) is 55.6 Å². The molecule has 2 saturated carbocycles. The summed E-state index contributed by atoms with van der Waals surface area (Å²) >= 11 is 0. The summed E-state index contributed by atoms with van der Waals surface area (Å²) in [5.74, 6) is 0.472. The summed E-state index contributed by atoms with van der Waals surface area (Å²) in [5, 5.41) is 13.1. The van der Waals surface area contributed by atoms with Crippen LogP contribution in [0.25, 0.3) is 0 Å². The fourth-order valence-corrected chi connectivity index (χ4v) is 8.01. The van der Waals surface area contributed by atoms with Crippen LogP contribution in [0.15, 0.2) is 29.4 Å². The third kappa shape index (κ3) is 2.86. The van der Waals surface area contributed by atoms with Crippen molar-refractivity contribution in [1.29, 1.82) is 0 Å². The standard InChI is InChI=1S/C21H31N3O3S/c1-16-6-4-5-7-18(16)23-10-12-24(13-11-23)28(26,27)15-21-9-8-17(20(21,2)3)14-19(21)22-25/h4-7,17,25H,8-15H2,1-3H3. The van der Waals surface area contributed by atoms with Crippen molar-refractivity contribution in [1.82, 2.24) is 4.31 Å². The fourth-order valence-electron chi connectivity index (χ4n) is 5.80. The molecule has 28 heavy (non-hydrogen) atoms. The van der Waals surface area contributed by atoms with E-state index in [1.807, 2.05) is 12.1 Å². The Balaban J connectivity index is 1.50. The molecule has 2 bridgehead atoms. The first-order chi connectivity index (χ1) is 13.2. The van der Waals surface area contributed by atoms with E-state index in [1.54, 1.807) is 4.31 Å². The van der Waals surface area contributed by atoms with Crippen molar-refractivity contribution in [2.75, 3.05) is 36.8 Å². The molecule has 0 radical (unpaired) electrons. The lowest BCUT2D eigenvalue weighted by atomic mass is 9.70. The molecule has 3 fully saturated rings. The first-order valence-electron chi connectivity index (χ1n) is 10.2. The Morgan fingerprint density at radius 3 is 2.46 bits per heavy atom. The summed E-state index contributed by atoms with van der Waals surface area (Å²) in [5.41, 5.74) is 2.41. The molecule has 1 aliphatic heterocycles. The van der Waals surface area contributed by atoms with Crippen molar-refractivity contribution in [3.63, 3.8) is 0 Å². The van der Waals surface area contributed by atoms with Crippen LogP contribution in [0, 0.1) is 23.7 Å². The van der Waals surface area contributed by atoms with Crippen LogP contribution >= 0.6 is 0 Å². The third-order valence-corrected chi connectivity index (χ3v) is 9.81. The quantitative estimate of drug-likeness (QED) is 0.617. The summed E-state index contributed by atoms with van der Waals surface area (Å²) in [6.45, 7) is 8.79. The largest absolute Gasteiger partial charge is 0.411 e. The normalized spacial score (nSPS) is 31.6. The molecule has 1 heterocycles. The summed E-state index contributed by atoms with van der Waals surface area (Å²) in [7, 11) is -3.43. The predicted molar refractivity (Wildman–Crippen MR) is 112 cm³/mol. The smallest absolute Gasteiger partial charge is 0.215 e. The SMILES string of the molecule is Cc1ccccc1N1CCN(S(=O)(=O)CC23CCC(CC2=NO)C3(C)C)CC1. The second kappa shape index (κ2) is 6.73. The molecule has 1 aromatic carbocycles. The van der Waals surface area contributed by atoms with Gasteiger partial charge in [0.1, 0.15) is 0 Å². The maximum absolute atomic E-state index is 13.4. The number of para-hydroxylation sites is 1. The highest BCUT2D eigenvalue weighted by Crippen LogP contribution is 2.64. The molecule has 4 rings (SSSR count). The number of benzene rings is 1. The fraction of sp³-hybridized carbons (Fsp3) is 0.667. The van der Waals surface area contributed by atoms with E-state index in [0.29, 0.717) is 37.8 Å². The number of aryl methyl sites for hydroxylation is 1. The Morgan fingerprint density at radius 1 is 1.18 bits per heavy atom. The highest BCUT2D eigenvalue weighted by Gasteiger charge is 2.64. The molecule has 0 amide bonds. The van der Waals surface area contributed by atoms with Crippen molar-refractivity contribution in [2.45, 2.75) is 40.0 Å². The molecule has 3 aliphatic rings. The molecule has 154 valence electrons. The van der Waals surface area contributed by atoms with E-state index in [2.05, 4.69) is 43.0 Å². The van der Waals surface area contributed by atoms with Gasteiger partial charge in [-0.15, -0.1) is 0 Å². The molecule has 1 aromatic rings. The molecule has 0 aromatic heterocycles. The maximum Gasteiger partial charge on any atom is 0.215 e. The molecule has 6 nitrogen and oxygen atoms in total. The van der Waals surface area contributed by atoms with Crippen LogP contribution in [-0.2, 0) is 10.0 Å². The number of sulfonamides is 1. The van der Waals surface area contributed by atoms with Crippen molar-refractivity contribution in [3.8, 4) is 0 Å². The zero-order valence-corrected chi connectivity index (χ0v) is 17.9. The number of piperazine rings is 1. The molecule has 0 spiro atoms. The van der Waals surface area contributed by atoms with Crippen LogP contribution in [0.2, 0.25) is 0 Å². The molecule has 1 N–H and O–H groups in total. The number of anilines is 1. The highest BCUT2D eigenvalue weighted by atomic mass is 32.2. The second-order valence-corrected chi connectivity index (χ2v) is 11.2. The molecular formula is C21H31N3O3S. The van der Waals surface area contributed by atoms with Gasteiger partial charge in [-0.05, 0) is 49.1 Å². The van der Waals surface area contributed by atoms with Crippen molar-refractivity contribution >= 4 is 21.4 Å². The van der Waals surface area contributed by atoms with Gasteiger partial charge in [0, 0.05) is 37.3 Å². The van der Waals surface area contributed by atoms with E-state index in [4.69, 9.17) is 0 Å². The van der Waals surface area contributed by atoms with Crippen LogP contribution in [0.4, 0.5) is 5.69 Å². The molecule has 7 heteroatoms. The van der Waals surface area contributed by atoms with E-state index in [9.17, 15) is 13.6 Å². The first-order valence-corrected chi connectivity index (χ1v) is 11.8. The van der Waals surface area contributed by atoms with Crippen LogP contribution < -0.4 is 4.90 Å². The second-order valence-electron chi connectivity index (χ2n) is 9.22. The Morgan fingerprint density at radius 2 is 1.86 bits per heavy atom. The van der Waals surface area contributed by atoms with Crippen LogP contribution in [0.1, 0.15) is 38.7 Å². The van der Waals surface area contributed by atoms with Crippen molar-refractivity contribution < 1.29 is 13.6 Å². The number of nitrogens with zero attached hydrogens (tertiary/aromatic N) is 3. The Bertz CT molecular complexity index is 888. The van der Waals surface area contributed by atoms with Crippen LogP contribution in [0.5, 0.6) is 0 Å². The summed E-state index contributed by atoms with van der Waals surface area (Å²) in [4.78, 5) is 2.27. The topological polar surface area (TPSA) is 73.2 Å². The van der Waals surface area contributed by atoms with Gasteiger partial charge in [-0.3, -0.25) is 0 Å². The van der Waals surface area contributed by atoms with E-state index in [0.717, 1.165) is 19.3 Å². The van der Waals surface area contributed by atoms with Gasteiger partial charge in [0.15, 0.2) is 0 Å². The molecule has 2 aliphatic carbocycles. The van der Waals surface area contributed by atoms with Gasteiger partial charge in [0.05, 0.1) is 11.5 Å². The number of rotatable bonds is 4. The van der Waals surface area contributed by atoms with E-state index < -0.39 is 15.4 Å². The molecule has 2 atom stereocenters. The maximum atomic E-state index is 13.4. The van der Waals surface area contributed by atoms with Gasteiger partial charge in [-0.25, -0.2) is 8.42 Å². The van der Waals surface area contributed by atoms with Gasteiger partial charge >= 0.3 is 0 Å². The van der Waals surface area contributed by atoms with Gasteiger partial charge in [0.25, 0.3) is 0 Å². The Hall–Kier alpha value is -1.60. The van der Waals surface area contributed by atoms with E-state index in [-0.39, 0.29) is 11.2 Å². The Kier molecular flexibility index (Phi) is 4.74. The highest BCUT2D eigenvalue weighted by molar-refractivity contribution is 7.89. The van der Waals surface area contributed by atoms with Gasteiger partial charge in [-0.2, -0.15) is 4.31 Å². The lowest BCUT2D eigenvalue weighted by Gasteiger charge is -2.41. The first kappa shape index (κ1) is 19.7. The monoisotopic (exact) mass is 405 g/mol. The Labute approximate surface area is 168 Å². The van der Waals surface area contributed by atoms with Gasteiger partial charge < -0.3 is 10.1 Å². The number of oxime groups is 1. The molecule has 1 saturated heterocycles. The van der Waals surface area contributed by atoms with Gasteiger partial charge in [0.2, 0.25) is 10.0 Å². The average molecular weight is 406 g/mol. The zero-order valence-electron chi connectivity index (χ0n) is 17.1.